The van der Waals surface area contributed by atoms with E-state index in [4.69, 9.17) is 22.1 Å². The Labute approximate surface area is 132 Å². The lowest BCUT2D eigenvalue weighted by Crippen LogP contribution is -2.54. The lowest BCUT2D eigenvalue weighted by Gasteiger charge is -2.37. The van der Waals surface area contributed by atoms with Crippen molar-refractivity contribution in [3.8, 4) is 5.75 Å². The number of aliphatic hydroxyl groups is 1. The molecule has 1 atom stereocenters. The highest BCUT2D eigenvalue weighted by molar-refractivity contribution is 6.30. The smallest absolute Gasteiger partial charge is 0.418 e. The van der Waals surface area contributed by atoms with Crippen LogP contribution in [0.2, 0.25) is 5.02 Å². The molecule has 124 valence electrons. The van der Waals surface area contributed by atoms with Gasteiger partial charge in [0, 0.05) is 23.6 Å². The molecule has 0 fully saturated rings. The van der Waals surface area contributed by atoms with Crippen LogP contribution in [0.5, 0.6) is 5.75 Å². The lowest BCUT2D eigenvalue weighted by atomic mass is 9.74. The van der Waals surface area contributed by atoms with Gasteiger partial charge in [0.1, 0.15) is 5.75 Å². The van der Waals surface area contributed by atoms with Crippen molar-refractivity contribution in [2.24, 2.45) is 5.73 Å². The molecule has 7 heteroatoms. The highest BCUT2D eigenvalue weighted by Crippen LogP contribution is 2.46. The topological polar surface area (TPSA) is 55.5 Å². The maximum atomic E-state index is 13.1. The van der Waals surface area contributed by atoms with Crippen molar-refractivity contribution < 1.29 is 23.0 Å². The molecule has 1 aliphatic heterocycles. The van der Waals surface area contributed by atoms with E-state index in [1.807, 2.05) is 0 Å². The summed E-state index contributed by atoms with van der Waals surface area (Å²) >= 11 is 6.06. The number of benzene rings is 1. The molecule has 0 radical (unpaired) electrons. The largest absolute Gasteiger partial charge is 0.493 e. The van der Waals surface area contributed by atoms with Gasteiger partial charge in [0.05, 0.1) is 6.61 Å². The highest BCUT2D eigenvalue weighted by Gasteiger charge is 2.55. The molecule has 0 aliphatic carbocycles. The first-order valence-electron chi connectivity index (χ1n) is 6.95. The van der Waals surface area contributed by atoms with Crippen LogP contribution in [0.1, 0.15) is 31.4 Å². The van der Waals surface area contributed by atoms with Gasteiger partial charge in [0.15, 0.2) is 5.60 Å². The molecule has 1 heterocycles. The van der Waals surface area contributed by atoms with Crippen LogP contribution < -0.4 is 10.5 Å². The first-order chi connectivity index (χ1) is 10.00. The van der Waals surface area contributed by atoms with E-state index in [9.17, 15) is 18.3 Å². The van der Waals surface area contributed by atoms with Crippen LogP contribution in [-0.4, -0.2) is 30.0 Å². The van der Waals surface area contributed by atoms with E-state index < -0.39 is 30.2 Å². The Bertz CT molecular complexity index is 575. The average Bonchev–Trinajstić information content (AvgIpc) is 2.83. The van der Waals surface area contributed by atoms with Gasteiger partial charge in [-0.1, -0.05) is 25.4 Å². The van der Waals surface area contributed by atoms with E-state index in [2.05, 4.69) is 0 Å². The average molecular weight is 338 g/mol. The number of rotatable bonds is 4. The first-order valence-corrected chi connectivity index (χ1v) is 7.33. The molecule has 0 saturated heterocycles. The van der Waals surface area contributed by atoms with E-state index in [0.29, 0.717) is 29.4 Å². The molecule has 1 aromatic carbocycles. The highest BCUT2D eigenvalue weighted by atomic mass is 35.5. The number of halogens is 4. The van der Waals surface area contributed by atoms with Gasteiger partial charge in [0.25, 0.3) is 0 Å². The predicted molar refractivity (Wildman–Crippen MR) is 78.4 cm³/mol. The molecule has 1 aliphatic rings. The van der Waals surface area contributed by atoms with Crippen LogP contribution in [0.4, 0.5) is 13.2 Å². The third-order valence-electron chi connectivity index (χ3n) is 4.08. The Hall–Kier alpha value is -0.980. The number of ether oxygens (including phenoxy) is 1. The summed E-state index contributed by atoms with van der Waals surface area (Å²) in [6, 6.07) is 3.35. The van der Waals surface area contributed by atoms with Crippen LogP contribution in [0.25, 0.3) is 0 Å². The number of fused-ring (bicyclic) bond motifs is 1. The summed E-state index contributed by atoms with van der Waals surface area (Å²) in [6.45, 7) is 2.81. The van der Waals surface area contributed by atoms with Crippen LogP contribution in [-0.2, 0) is 11.8 Å². The van der Waals surface area contributed by atoms with E-state index in [-0.39, 0.29) is 0 Å². The Kier molecular flexibility index (Phi) is 4.41. The SMILES string of the molecule is CC(C)(CC(O)(CN)C(F)(F)F)c1cc(Cl)cc2c1OCC2. The number of hydrogen-bond acceptors (Lipinski definition) is 3. The van der Waals surface area contributed by atoms with Crippen molar-refractivity contribution in [2.45, 2.75) is 43.9 Å². The zero-order chi connectivity index (χ0) is 16.8. The molecule has 0 amide bonds. The second-order valence-electron chi connectivity index (χ2n) is 6.33. The molecule has 22 heavy (non-hydrogen) atoms. The number of alkyl halides is 3. The van der Waals surface area contributed by atoms with Crippen LogP contribution in [0.15, 0.2) is 12.1 Å². The van der Waals surface area contributed by atoms with Gasteiger partial charge in [-0.2, -0.15) is 13.2 Å². The van der Waals surface area contributed by atoms with E-state index in [0.717, 1.165) is 5.56 Å². The van der Waals surface area contributed by atoms with Crippen molar-refractivity contribution in [3.05, 3.63) is 28.3 Å². The summed E-state index contributed by atoms with van der Waals surface area (Å²) in [7, 11) is 0. The Balaban J connectivity index is 2.43. The van der Waals surface area contributed by atoms with Gasteiger partial charge in [-0.05, 0) is 29.5 Å². The van der Waals surface area contributed by atoms with Gasteiger partial charge < -0.3 is 15.6 Å². The van der Waals surface area contributed by atoms with Crippen molar-refractivity contribution in [1.82, 2.24) is 0 Å². The molecule has 1 unspecified atom stereocenters. The third kappa shape index (κ3) is 3.05. The molecule has 0 bridgehead atoms. The second kappa shape index (κ2) is 5.58. The summed E-state index contributed by atoms with van der Waals surface area (Å²) < 4.78 is 44.9. The molecule has 3 nitrogen and oxygen atoms in total. The molecule has 0 saturated carbocycles. The minimum absolute atomic E-state index is 0.440. The predicted octanol–water partition coefficient (Wildman–Crippen LogP) is 3.19. The molecular weight excluding hydrogens is 319 g/mol. The monoisotopic (exact) mass is 337 g/mol. The molecule has 0 aromatic heterocycles. The fraction of sp³-hybridized carbons (Fsp3) is 0.600. The summed E-state index contributed by atoms with van der Waals surface area (Å²) in [5.74, 6) is 0.566. The van der Waals surface area contributed by atoms with Crippen LogP contribution in [0.3, 0.4) is 0 Å². The number of hydrogen-bond donors (Lipinski definition) is 2. The standard InChI is InChI=1S/C15H19ClF3NO2/c1-13(2,7-14(21,8-20)15(17,18)19)11-6-10(16)5-9-3-4-22-12(9)11/h5-6,21H,3-4,7-8,20H2,1-2H3. The maximum absolute atomic E-state index is 13.1. The molecule has 2 rings (SSSR count). The van der Waals surface area contributed by atoms with Crippen LogP contribution in [0, 0.1) is 0 Å². The lowest BCUT2D eigenvalue weighted by molar-refractivity contribution is -0.262. The van der Waals surface area contributed by atoms with Gasteiger partial charge in [-0.25, -0.2) is 0 Å². The Morgan fingerprint density at radius 3 is 2.50 bits per heavy atom. The second-order valence-corrected chi connectivity index (χ2v) is 6.77. The van der Waals surface area contributed by atoms with Gasteiger partial charge in [-0.15, -0.1) is 0 Å². The van der Waals surface area contributed by atoms with Crippen molar-refractivity contribution in [2.75, 3.05) is 13.2 Å². The zero-order valence-electron chi connectivity index (χ0n) is 12.4. The van der Waals surface area contributed by atoms with E-state index >= 15 is 0 Å². The van der Waals surface area contributed by atoms with Crippen molar-refractivity contribution in [3.63, 3.8) is 0 Å². The van der Waals surface area contributed by atoms with Gasteiger partial charge in [0.2, 0.25) is 0 Å². The minimum Gasteiger partial charge on any atom is -0.493 e. The normalized spacial score (nSPS) is 17.8. The number of nitrogens with two attached hydrogens (primary N) is 1. The summed E-state index contributed by atoms with van der Waals surface area (Å²) in [4.78, 5) is 0. The van der Waals surface area contributed by atoms with Crippen LogP contribution >= 0.6 is 11.6 Å². The maximum Gasteiger partial charge on any atom is 0.418 e. The molecule has 3 N–H and O–H groups in total. The Morgan fingerprint density at radius 1 is 1.32 bits per heavy atom. The third-order valence-corrected chi connectivity index (χ3v) is 4.30. The zero-order valence-corrected chi connectivity index (χ0v) is 13.2. The van der Waals surface area contributed by atoms with Gasteiger partial charge >= 0.3 is 6.18 Å². The quantitative estimate of drug-likeness (QED) is 0.887. The fourth-order valence-corrected chi connectivity index (χ4v) is 3.13. The molecule has 1 aromatic rings. The summed E-state index contributed by atoms with van der Waals surface area (Å²) in [5.41, 5.74) is 2.66. The minimum atomic E-state index is -4.80. The Morgan fingerprint density at radius 2 is 1.95 bits per heavy atom. The summed E-state index contributed by atoms with van der Waals surface area (Å²) in [6.07, 6.45) is -4.71. The van der Waals surface area contributed by atoms with Gasteiger partial charge in [-0.3, -0.25) is 0 Å². The molecule has 0 spiro atoms. The first kappa shape index (κ1) is 17.4. The fourth-order valence-electron chi connectivity index (χ4n) is 2.89. The van der Waals surface area contributed by atoms with Crippen molar-refractivity contribution >= 4 is 11.6 Å². The van der Waals surface area contributed by atoms with E-state index in [1.165, 1.54) is 0 Å². The molecular formula is C15H19ClF3NO2. The van der Waals surface area contributed by atoms with E-state index in [1.54, 1.807) is 26.0 Å². The van der Waals surface area contributed by atoms with Crippen molar-refractivity contribution in [1.29, 1.82) is 0 Å². The summed E-state index contributed by atoms with van der Waals surface area (Å²) in [5, 5.41) is 10.4.